The number of phenolic OH excluding ortho intramolecular Hbond substituents is 1. The molecule has 0 saturated carbocycles. The third-order valence-corrected chi connectivity index (χ3v) is 5.64. The van der Waals surface area contributed by atoms with Crippen LogP contribution in [0, 0.1) is 0 Å². The Balaban J connectivity index is 1.54. The van der Waals surface area contributed by atoms with Crippen LogP contribution < -0.4 is 5.43 Å². The number of carbonyl (C=O) groups is 1. The van der Waals surface area contributed by atoms with Gasteiger partial charge in [0.05, 0.1) is 20.9 Å². The largest absolute Gasteiger partial charge is 0.506 e. The number of hydrogen-bond donors (Lipinski definition) is 2. The average Bonchev–Trinajstić information content (AvgIpc) is 3.19. The Morgan fingerprint density at radius 3 is 2.45 bits per heavy atom. The molecule has 29 heavy (non-hydrogen) atoms. The lowest BCUT2D eigenvalue weighted by molar-refractivity contribution is 0.0955. The molecular weight excluding hydrogens is 498 g/mol. The van der Waals surface area contributed by atoms with Gasteiger partial charge in [0.1, 0.15) is 5.75 Å². The van der Waals surface area contributed by atoms with E-state index < -0.39 is 0 Å². The first kappa shape index (κ1) is 19.4. The van der Waals surface area contributed by atoms with Crippen LogP contribution in [0.15, 0.2) is 87.0 Å². The maximum Gasteiger partial charge on any atom is 0.271 e. The molecule has 0 spiro atoms. The number of amides is 1. The number of rotatable bonds is 4. The van der Waals surface area contributed by atoms with E-state index in [4.69, 9.17) is 0 Å². The van der Waals surface area contributed by atoms with Crippen molar-refractivity contribution < 1.29 is 9.90 Å². The molecule has 0 bridgehead atoms. The molecule has 0 radical (unpaired) electrons. The predicted octanol–water partition coefficient (Wildman–Crippen LogP) is 5.63. The van der Waals surface area contributed by atoms with Gasteiger partial charge in [-0.2, -0.15) is 5.10 Å². The Morgan fingerprint density at radius 2 is 1.69 bits per heavy atom. The second-order valence-corrected chi connectivity index (χ2v) is 8.03. The second kappa shape index (κ2) is 8.23. The van der Waals surface area contributed by atoms with E-state index in [0.717, 1.165) is 16.8 Å². The molecular formula is C22H15Br2N3O2. The van der Waals surface area contributed by atoms with Gasteiger partial charge in [0.25, 0.3) is 5.91 Å². The topological polar surface area (TPSA) is 66.6 Å². The van der Waals surface area contributed by atoms with Crippen LogP contribution in [-0.4, -0.2) is 21.8 Å². The number of nitrogens with zero attached hydrogens (tertiary/aromatic N) is 2. The fourth-order valence-corrected chi connectivity index (χ4v) is 4.17. The van der Waals surface area contributed by atoms with Gasteiger partial charge in [-0.3, -0.25) is 4.79 Å². The molecule has 0 unspecified atom stereocenters. The lowest BCUT2D eigenvalue weighted by Gasteiger charge is -2.08. The van der Waals surface area contributed by atoms with Gasteiger partial charge in [-0.25, -0.2) is 5.43 Å². The molecule has 0 aliphatic rings. The number of carbonyl (C=O) groups excluding carboxylic acids is 1. The molecule has 144 valence electrons. The van der Waals surface area contributed by atoms with E-state index >= 15 is 0 Å². The van der Waals surface area contributed by atoms with Crippen molar-refractivity contribution in [3.05, 3.63) is 93.1 Å². The van der Waals surface area contributed by atoms with Gasteiger partial charge in [0, 0.05) is 17.4 Å². The Kier molecular flexibility index (Phi) is 5.51. The van der Waals surface area contributed by atoms with Crippen LogP contribution in [0.5, 0.6) is 5.75 Å². The summed E-state index contributed by atoms with van der Waals surface area (Å²) in [5.41, 5.74) is 4.71. The number of aromatic hydroxyl groups is 1. The van der Waals surface area contributed by atoms with Crippen molar-refractivity contribution in [2.75, 3.05) is 0 Å². The number of hydrazone groups is 1. The van der Waals surface area contributed by atoms with Crippen molar-refractivity contribution >= 4 is 54.8 Å². The van der Waals surface area contributed by atoms with Crippen LogP contribution in [0.3, 0.4) is 0 Å². The quantitative estimate of drug-likeness (QED) is 0.275. The van der Waals surface area contributed by atoms with Crippen LogP contribution in [0.1, 0.15) is 16.1 Å². The molecule has 5 nitrogen and oxygen atoms in total. The van der Waals surface area contributed by atoms with Crippen molar-refractivity contribution in [2.45, 2.75) is 0 Å². The van der Waals surface area contributed by atoms with Gasteiger partial charge in [-0.1, -0.05) is 30.3 Å². The average molecular weight is 513 g/mol. The molecule has 0 atom stereocenters. The van der Waals surface area contributed by atoms with E-state index in [2.05, 4.69) is 66.7 Å². The smallest absolute Gasteiger partial charge is 0.271 e. The second-order valence-electron chi connectivity index (χ2n) is 6.32. The standard InChI is InChI=1S/C22H15Br2N3O2/c23-19-11-16(12-20(24)21(19)28)22(29)26-25-13-18-6-3-9-27(18)17-8-7-14-4-1-2-5-15(14)10-17/h1-13,28H,(H,26,29)/b25-13+. The molecule has 0 fully saturated rings. The summed E-state index contributed by atoms with van der Waals surface area (Å²) in [4.78, 5) is 12.3. The summed E-state index contributed by atoms with van der Waals surface area (Å²) in [7, 11) is 0. The minimum atomic E-state index is -0.383. The monoisotopic (exact) mass is 511 g/mol. The molecule has 7 heteroatoms. The highest BCUT2D eigenvalue weighted by Gasteiger charge is 2.11. The summed E-state index contributed by atoms with van der Waals surface area (Å²) in [6.07, 6.45) is 3.54. The maximum atomic E-state index is 12.3. The number of hydrogen-bond acceptors (Lipinski definition) is 3. The van der Waals surface area contributed by atoms with Crippen LogP contribution >= 0.6 is 31.9 Å². The van der Waals surface area contributed by atoms with Crippen molar-refractivity contribution in [1.29, 1.82) is 0 Å². The number of aromatic nitrogens is 1. The molecule has 2 N–H and O–H groups in total. The summed E-state index contributed by atoms with van der Waals surface area (Å²) in [5.74, 6) is -0.343. The predicted molar refractivity (Wildman–Crippen MR) is 122 cm³/mol. The minimum Gasteiger partial charge on any atom is -0.506 e. The maximum absolute atomic E-state index is 12.3. The van der Waals surface area contributed by atoms with E-state index in [-0.39, 0.29) is 11.7 Å². The SMILES string of the molecule is O=C(N/N=C/c1cccn1-c1ccc2ccccc2c1)c1cc(Br)c(O)c(Br)c1. The van der Waals surface area contributed by atoms with Crippen LogP contribution in [-0.2, 0) is 0 Å². The third-order valence-electron chi connectivity index (χ3n) is 4.43. The van der Waals surface area contributed by atoms with Crippen molar-refractivity contribution in [3.63, 3.8) is 0 Å². The Morgan fingerprint density at radius 1 is 0.966 bits per heavy atom. The minimum absolute atomic E-state index is 0.0401. The molecule has 1 aromatic heterocycles. The fourth-order valence-electron chi connectivity index (χ4n) is 2.98. The number of fused-ring (bicyclic) bond motifs is 1. The van der Waals surface area contributed by atoms with Gasteiger partial charge in [0.15, 0.2) is 0 Å². The number of nitrogens with one attached hydrogen (secondary N) is 1. The summed E-state index contributed by atoms with van der Waals surface area (Å²) in [6.45, 7) is 0. The highest BCUT2D eigenvalue weighted by molar-refractivity contribution is 9.11. The van der Waals surface area contributed by atoms with Gasteiger partial charge in [-0.05, 0) is 79.0 Å². The van der Waals surface area contributed by atoms with E-state index in [1.165, 1.54) is 17.5 Å². The first-order valence-electron chi connectivity index (χ1n) is 8.71. The van der Waals surface area contributed by atoms with E-state index in [0.29, 0.717) is 14.5 Å². The molecule has 0 saturated heterocycles. The molecule has 0 aliphatic heterocycles. The summed E-state index contributed by atoms with van der Waals surface area (Å²) >= 11 is 6.43. The molecule has 1 amide bonds. The van der Waals surface area contributed by atoms with Crippen molar-refractivity contribution in [2.24, 2.45) is 5.10 Å². The van der Waals surface area contributed by atoms with Crippen molar-refractivity contribution in [1.82, 2.24) is 9.99 Å². The van der Waals surface area contributed by atoms with Crippen LogP contribution in [0.2, 0.25) is 0 Å². The normalized spacial score (nSPS) is 11.2. The van der Waals surface area contributed by atoms with Gasteiger partial charge >= 0.3 is 0 Å². The molecule has 4 rings (SSSR count). The van der Waals surface area contributed by atoms with E-state index in [1.54, 1.807) is 6.21 Å². The highest BCUT2D eigenvalue weighted by atomic mass is 79.9. The molecule has 1 heterocycles. The number of phenols is 1. The first-order valence-corrected chi connectivity index (χ1v) is 10.3. The summed E-state index contributed by atoms with van der Waals surface area (Å²) < 4.78 is 2.84. The van der Waals surface area contributed by atoms with Gasteiger partial charge < -0.3 is 9.67 Å². The Labute approximate surface area is 183 Å². The molecule has 3 aromatic carbocycles. The van der Waals surface area contributed by atoms with Gasteiger partial charge in [0.2, 0.25) is 0 Å². The number of benzene rings is 3. The van der Waals surface area contributed by atoms with Gasteiger partial charge in [-0.15, -0.1) is 0 Å². The Hall–Kier alpha value is -2.90. The van der Waals surface area contributed by atoms with Crippen molar-refractivity contribution in [3.8, 4) is 11.4 Å². The van der Waals surface area contributed by atoms with Crippen LogP contribution in [0.25, 0.3) is 16.5 Å². The van der Waals surface area contributed by atoms with E-state index in [1.807, 2.05) is 41.1 Å². The first-order chi connectivity index (χ1) is 14.0. The zero-order valence-corrected chi connectivity index (χ0v) is 18.2. The highest BCUT2D eigenvalue weighted by Crippen LogP contribution is 2.33. The summed E-state index contributed by atoms with van der Waals surface area (Å²) in [6, 6.07) is 21.3. The zero-order chi connectivity index (χ0) is 20.4. The molecule has 4 aromatic rings. The lowest BCUT2D eigenvalue weighted by Crippen LogP contribution is -2.18. The fraction of sp³-hybridized carbons (Fsp3) is 0. The Bertz CT molecular complexity index is 1220. The molecule has 0 aliphatic carbocycles. The number of halogens is 2. The zero-order valence-electron chi connectivity index (χ0n) is 15.0. The lowest BCUT2D eigenvalue weighted by atomic mass is 10.1. The van der Waals surface area contributed by atoms with E-state index in [9.17, 15) is 9.90 Å². The van der Waals surface area contributed by atoms with Crippen LogP contribution in [0.4, 0.5) is 0 Å². The summed E-state index contributed by atoms with van der Waals surface area (Å²) in [5, 5.41) is 16.2. The third kappa shape index (κ3) is 4.11.